The summed E-state index contributed by atoms with van der Waals surface area (Å²) in [6, 6.07) is 7.77. The summed E-state index contributed by atoms with van der Waals surface area (Å²) in [7, 11) is 0. The van der Waals surface area contributed by atoms with E-state index in [4.69, 9.17) is 16.3 Å². The highest BCUT2D eigenvalue weighted by atomic mass is 79.9. The summed E-state index contributed by atoms with van der Waals surface area (Å²) in [5.74, 6) is 1.36. The van der Waals surface area contributed by atoms with Crippen LogP contribution in [0.4, 0.5) is 0 Å². The monoisotopic (exact) mass is 354 g/mol. The largest absolute Gasteiger partial charge is 0.455 e. The molecule has 0 bridgehead atoms. The molecule has 1 N–H and O–H groups in total. The number of benzene rings is 1. The van der Waals surface area contributed by atoms with Crippen molar-refractivity contribution in [2.45, 2.75) is 19.9 Å². The number of rotatable bonds is 6. The first-order valence-electron chi connectivity index (χ1n) is 6.46. The number of nitrogens with zero attached hydrogens (tertiary/aromatic N) is 1. The molecule has 3 nitrogen and oxygen atoms in total. The Morgan fingerprint density at radius 1 is 1.30 bits per heavy atom. The van der Waals surface area contributed by atoms with Gasteiger partial charge in [0, 0.05) is 18.8 Å². The van der Waals surface area contributed by atoms with Crippen molar-refractivity contribution in [3.05, 3.63) is 51.7 Å². The molecule has 0 fully saturated rings. The van der Waals surface area contributed by atoms with E-state index in [2.05, 4.69) is 39.2 Å². The van der Waals surface area contributed by atoms with Gasteiger partial charge in [0.2, 0.25) is 0 Å². The van der Waals surface area contributed by atoms with Gasteiger partial charge in [-0.2, -0.15) is 0 Å². The molecule has 0 radical (unpaired) electrons. The summed E-state index contributed by atoms with van der Waals surface area (Å²) in [5.41, 5.74) is 1.21. The van der Waals surface area contributed by atoms with E-state index < -0.39 is 0 Å². The minimum absolute atomic E-state index is 0.555. The van der Waals surface area contributed by atoms with Gasteiger partial charge in [-0.3, -0.25) is 4.98 Å². The van der Waals surface area contributed by atoms with Crippen LogP contribution in [0.25, 0.3) is 0 Å². The van der Waals surface area contributed by atoms with Crippen molar-refractivity contribution >= 4 is 27.5 Å². The van der Waals surface area contributed by atoms with Crippen LogP contribution in [0.2, 0.25) is 5.02 Å². The molecule has 1 heterocycles. The van der Waals surface area contributed by atoms with Crippen LogP contribution in [0.1, 0.15) is 18.9 Å². The van der Waals surface area contributed by atoms with Crippen LogP contribution in [0.3, 0.4) is 0 Å². The number of pyridine rings is 1. The Kier molecular flexibility index (Phi) is 5.83. The van der Waals surface area contributed by atoms with E-state index in [9.17, 15) is 0 Å². The minimum atomic E-state index is 0.555. The van der Waals surface area contributed by atoms with Crippen molar-refractivity contribution in [3.63, 3.8) is 0 Å². The Labute approximate surface area is 132 Å². The van der Waals surface area contributed by atoms with Gasteiger partial charge in [-0.05, 0) is 46.6 Å². The van der Waals surface area contributed by atoms with Crippen molar-refractivity contribution in [2.24, 2.45) is 0 Å². The van der Waals surface area contributed by atoms with Crippen molar-refractivity contribution in [3.8, 4) is 11.5 Å². The number of ether oxygens (including phenoxy) is 1. The molecule has 1 aromatic heterocycles. The molecule has 106 valence electrons. The third kappa shape index (κ3) is 4.47. The van der Waals surface area contributed by atoms with E-state index in [1.807, 2.05) is 12.1 Å². The zero-order chi connectivity index (χ0) is 14.4. The van der Waals surface area contributed by atoms with E-state index in [0.29, 0.717) is 10.8 Å². The molecule has 0 aliphatic heterocycles. The fourth-order valence-corrected chi connectivity index (χ4v) is 2.39. The zero-order valence-corrected chi connectivity index (χ0v) is 13.5. The molecule has 0 unspecified atom stereocenters. The molecule has 0 amide bonds. The molecule has 2 rings (SSSR count). The predicted octanol–water partition coefficient (Wildman–Crippen LogP) is 4.79. The van der Waals surface area contributed by atoms with Crippen LogP contribution in [0.5, 0.6) is 11.5 Å². The van der Waals surface area contributed by atoms with Crippen LogP contribution in [0.15, 0.2) is 41.1 Å². The van der Waals surface area contributed by atoms with E-state index in [-0.39, 0.29) is 0 Å². The summed E-state index contributed by atoms with van der Waals surface area (Å²) in [6.45, 7) is 4.02. The smallest absolute Gasteiger partial charge is 0.147 e. The minimum Gasteiger partial charge on any atom is -0.455 e. The maximum absolute atomic E-state index is 5.88. The van der Waals surface area contributed by atoms with E-state index in [0.717, 1.165) is 29.7 Å². The van der Waals surface area contributed by atoms with Crippen LogP contribution < -0.4 is 10.1 Å². The van der Waals surface area contributed by atoms with Gasteiger partial charge in [-0.1, -0.05) is 24.6 Å². The van der Waals surface area contributed by atoms with Crippen LogP contribution in [-0.2, 0) is 6.54 Å². The second-order valence-electron chi connectivity index (χ2n) is 4.38. The molecule has 0 spiro atoms. The molecule has 0 saturated heterocycles. The van der Waals surface area contributed by atoms with Crippen molar-refractivity contribution < 1.29 is 4.74 Å². The van der Waals surface area contributed by atoms with Gasteiger partial charge in [0.15, 0.2) is 0 Å². The predicted molar refractivity (Wildman–Crippen MR) is 85.5 cm³/mol. The quantitative estimate of drug-likeness (QED) is 0.757. The van der Waals surface area contributed by atoms with Gasteiger partial charge in [-0.15, -0.1) is 0 Å². The molecular weight excluding hydrogens is 340 g/mol. The third-order valence-corrected chi connectivity index (χ3v) is 3.49. The maximum atomic E-state index is 5.88. The van der Waals surface area contributed by atoms with Gasteiger partial charge in [0.25, 0.3) is 0 Å². The lowest BCUT2D eigenvalue weighted by Gasteiger charge is -2.10. The summed E-state index contributed by atoms with van der Waals surface area (Å²) in [6.07, 6.45) is 4.34. The molecule has 0 saturated carbocycles. The summed E-state index contributed by atoms with van der Waals surface area (Å²) >= 11 is 9.41. The fourth-order valence-electron chi connectivity index (χ4n) is 1.72. The first-order valence-corrected chi connectivity index (χ1v) is 7.63. The third-order valence-electron chi connectivity index (χ3n) is 2.66. The number of hydrogen-bond donors (Lipinski definition) is 1. The van der Waals surface area contributed by atoms with Crippen LogP contribution >= 0.6 is 27.5 Å². The second-order valence-corrected chi connectivity index (χ2v) is 5.67. The summed E-state index contributed by atoms with van der Waals surface area (Å²) in [4.78, 5) is 4.00. The SMILES string of the molecule is CCCNCc1ccc(Oc2cncc(Cl)c2)c(Br)c1. The van der Waals surface area contributed by atoms with E-state index in [1.165, 1.54) is 5.56 Å². The highest BCUT2D eigenvalue weighted by Crippen LogP contribution is 2.31. The second kappa shape index (κ2) is 7.62. The molecule has 0 atom stereocenters. The number of aromatic nitrogens is 1. The Balaban J connectivity index is 2.06. The van der Waals surface area contributed by atoms with E-state index >= 15 is 0 Å². The molecule has 20 heavy (non-hydrogen) atoms. The molecular formula is C15H16BrClN2O. The van der Waals surface area contributed by atoms with Crippen LogP contribution in [0, 0.1) is 0 Å². The van der Waals surface area contributed by atoms with Crippen molar-refractivity contribution in [2.75, 3.05) is 6.54 Å². The molecule has 0 aliphatic carbocycles. The first-order chi connectivity index (χ1) is 9.69. The van der Waals surface area contributed by atoms with Crippen molar-refractivity contribution in [1.82, 2.24) is 10.3 Å². The van der Waals surface area contributed by atoms with Crippen LogP contribution in [-0.4, -0.2) is 11.5 Å². The topological polar surface area (TPSA) is 34.1 Å². The Hall–Kier alpha value is -1.10. The lowest BCUT2D eigenvalue weighted by atomic mass is 10.2. The highest BCUT2D eigenvalue weighted by Gasteiger charge is 2.05. The normalized spacial score (nSPS) is 10.6. The first kappa shape index (κ1) is 15.3. The summed E-state index contributed by atoms with van der Waals surface area (Å²) in [5, 5.41) is 3.92. The Bertz CT molecular complexity index is 578. The zero-order valence-electron chi connectivity index (χ0n) is 11.2. The lowest BCUT2D eigenvalue weighted by Crippen LogP contribution is -2.13. The maximum Gasteiger partial charge on any atom is 0.147 e. The van der Waals surface area contributed by atoms with Gasteiger partial charge in [0.1, 0.15) is 11.5 Å². The summed E-state index contributed by atoms with van der Waals surface area (Å²) < 4.78 is 6.67. The van der Waals surface area contributed by atoms with Crippen molar-refractivity contribution in [1.29, 1.82) is 0 Å². The van der Waals surface area contributed by atoms with Gasteiger partial charge >= 0.3 is 0 Å². The highest BCUT2D eigenvalue weighted by molar-refractivity contribution is 9.10. The van der Waals surface area contributed by atoms with Gasteiger partial charge in [-0.25, -0.2) is 0 Å². The average molecular weight is 356 g/mol. The number of hydrogen-bond acceptors (Lipinski definition) is 3. The lowest BCUT2D eigenvalue weighted by molar-refractivity contribution is 0.477. The number of nitrogens with one attached hydrogen (secondary N) is 1. The Morgan fingerprint density at radius 2 is 2.15 bits per heavy atom. The fraction of sp³-hybridized carbons (Fsp3) is 0.267. The molecule has 0 aliphatic rings. The number of halogens is 2. The standard InChI is InChI=1S/C15H16BrClN2O/c1-2-5-18-8-11-3-4-15(14(16)6-11)20-13-7-12(17)9-19-10-13/h3-4,6-7,9-10,18H,2,5,8H2,1H3. The molecule has 1 aromatic carbocycles. The average Bonchev–Trinajstić information content (AvgIpc) is 2.42. The van der Waals surface area contributed by atoms with Gasteiger partial charge < -0.3 is 10.1 Å². The molecule has 5 heteroatoms. The molecule has 2 aromatic rings. The Morgan fingerprint density at radius 3 is 2.85 bits per heavy atom. The van der Waals surface area contributed by atoms with E-state index in [1.54, 1.807) is 18.5 Å². The van der Waals surface area contributed by atoms with Gasteiger partial charge in [0.05, 0.1) is 15.7 Å².